The Balaban J connectivity index is 0. The molecule has 0 saturated heterocycles. The minimum absolute atomic E-state index is 0. The van der Waals surface area contributed by atoms with E-state index in [0.29, 0.717) is 0 Å². The van der Waals surface area contributed by atoms with Gasteiger partial charge in [-0.3, -0.25) is 19.9 Å². The third-order valence-electron chi connectivity index (χ3n) is 3.03. The number of carbonyl (C=O) groups excluding carboxylic acids is 2. The molecule has 0 radical (unpaired) electrons. The van der Waals surface area contributed by atoms with Gasteiger partial charge in [-0.05, 0) is 26.0 Å². The van der Waals surface area contributed by atoms with Gasteiger partial charge in [0, 0.05) is 36.7 Å². The van der Waals surface area contributed by atoms with E-state index in [0.717, 1.165) is 36.6 Å². The standard InChI is InChI=1S/2C10H7N2.2C2H4O2.2Pd/c2*1-2-5-9(6-3-1)10-11-7-4-8-12-10;2*1-2(3)4;;/h2*1-5,7-8H;2*1H3,(H,3,4);;/q2*-1;;;2*+2/p-2. The summed E-state index contributed by atoms with van der Waals surface area (Å²) < 4.78 is 0. The molecular formula is C24H20N4O4Pd2. The van der Waals surface area contributed by atoms with Crippen molar-refractivity contribution in [2.24, 2.45) is 0 Å². The number of nitrogens with zero attached hydrogens (tertiary/aromatic N) is 4. The molecule has 8 nitrogen and oxygen atoms in total. The van der Waals surface area contributed by atoms with Gasteiger partial charge in [0.25, 0.3) is 0 Å². The van der Waals surface area contributed by atoms with Gasteiger partial charge in [-0.2, -0.15) is 0 Å². The van der Waals surface area contributed by atoms with Gasteiger partial charge in [0.2, 0.25) is 0 Å². The van der Waals surface area contributed by atoms with E-state index in [1.54, 1.807) is 36.9 Å². The van der Waals surface area contributed by atoms with Crippen molar-refractivity contribution in [2.75, 3.05) is 0 Å². The zero-order valence-corrected chi connectivity index (χ0v) is 21.2. The van der Waals surface area contributed by atoms with Gasteiger partial charge in [-0.15, -0.1) is 71.8 Å². The first-order chi connectivity index (χ1) is 15.4. The molecule has 0 saturated carbocycles. The molecule has 2 aromatic heterocycles. The normalized spacial score (nSPS) is 8.29. The van der Waals surface area contributed by atoms with Gasteiger partial charge >= 0.3 is 40.8 Å². The van der Waals surface area contributed by atoms with Crippen LogP contribution in [0.25, 0.3) is 22.8 Å². The van der Waals surface area contributed by atoms with Crippen molar-refractivity contribution in [2.45, 2.75) is 13.8 Å². The topological polar surface area (TPSA) is 132 Å². The maximum atomic E-state index is 8.89. The van der Waals surface area contributed by atoms with Crippen molar-refractivity contribution in [3.05, 3.63) is 97.6 Å². The van der Waals surface area contributed by atoms with E-state index in [-0.39, 0.29) is 40.8 Å². The Morgan fingerprint density at radius 2 is 0.912 bits per heavy atom. The number of carboxylic acid groups (broad SMARTS) is 2. The molecule has 0 aliphatic carbocycles. The van der Waals surface area contributed by atoms with Crippen molar-refractivity contribution in [1.29, 1.82) is 0 Å². The third kappa shape index (κ3) is 16.5. The van der Waals surface area contributed by atoms with Crippen molar-refractivity contribution in [1.82, 2.24) is 19.9 Å². The molecule has 0 N–H and O–H groups in total. The van der Waals surface area contributed by atoms with E-state index < -0.39 is 11.9 Å². The second-order valence-electron chi connectivity index (χ2n) is 5.68. The maximum Gasteiger partial charge on any atom is 2.00 e. The molecule has 4 rings (SSSR count). The maximum absolute atomic E-state index is 8.89. The van der Waals surface area contributed by atoms with Gasteiger partial charge in [-0.1, -0.05) is 0 Å². The molecule has 0 fully saturated rings. The van der Waals surface area contributed by atoms with E-state index in [1.807, 2.05) is 48.5 Å². The molecular weight excluding hydrogens is 621 g/mol. The zero-order chi connectivity index (χ0) is 23.6. The number of carbonyl (C=O) groups is 2. The van der Waals surface area contributed by atoms with Crippen LogP contribution in [0.2, 0.25) is 0 Å². The fraction of sp³-hybridized carbons (Fsp3) is 0.0833. The van der Waals surface area contributed by atoms with Crippen LogP contribution < -0.4 is 10.2 Å². The molecule has 0 aliphatic rings. The number of hydrogen-bond acceptors (Lipinski definition) is 8. The molecule has 2 aromatic carbocycles. The molecule has 4 aromatic rings. The van der Waals surface area contributed by atoms with Crippen molar-refractivity contribution >= 4 is 11.9 Å². The summed E-state index contributed by atoms with van der Waals surface area (Å²) in [6.45, 7) is 1.94. The fourth-order valence-electron chi connectivity index (χ4n) is 1.94. The average molecular weight is 641 g/mol. The predicted molar refractivity (Wildman–Crippen MR) is 114 cm³/mol. The monoisotopic (exact) mass is 640 g/mol. The van der Waals surface area contributed by atoms with Crippen LogP contribution in [0.4, 0.5) is 0 Å². The van der Waals surface area contributed by atoms with Crippen molar-refractivity contribution < 1.29 is 60.6 Å². The van der Waals surface area contributed by atoms with Gasteiger partial charge in [0.05, 0.1) is 11.6 Å². The van der Waals surface area contributed by atoms with E-state index >= 15 is 0 Å². The Labute approximate surface area is 225 Å². The Bertz CT molecular complexity index is 874. The van der Waals surface area contributed by atoms with E-state index in [1.165, 1.54) is 0 Å². The minimum Gasteiger partial charge on any atom is -0.550 e. The van der Waals surface area contributed by atoms with Gasteiger partial charge in [-0.25, -0.2) is 0 Å². The molecule has 10 heteroatoms. The van der Waals surface area contributed by atoms with Crippen LogP contribution in [-0.2, 0) is 50.4 Å². The molecule has 0 amide bonds. The quantitative estimate of drug-likeness (QED) is 0.237. The van der Waals surface area contributed by atoms with Crippen LogP contribution in [0, 0.1) is 12.1 Å². The number of aliphatic carboxylic acids is 2. The van der Waals surface area contributed by atoms with Gasteiger partial charge < -0.3 is 19.8 Å². The Kier molecular flexibility index (Phi) is 19.9. The van der Waals surface area contributed by atoms with E-state index in [9.17, 15) is 0 Å². The first-order valence-corrected chi connectivity index (χ1v) is 9.23. The Morgan fingerprint density at radius 1 is 0.618 bits per heavy atom. The van der Waals surface area contributed by atoms with Crippen LogP contribution in [0.5, 0.6) is 0 Å². The SMILES string of the molecule is CC(=O)[O-].CC(=O)[O-].[Pd+2].[Pd+2].[c-]1ccccc1-c1ncccn1.[c-]1ccccc1-c1ncccn1. The summed E-state index contributed by atoms with van der Waals surface area (Å²) in [4.78, 5) is 34.2. The summed E-state index contributed by atoms with van der Waals surface area (Å²) in [7, 11) is 0. The summed E-state index contributed by atoms with van der Waals surface area (Å²) in [5.74, 6) is -0.726. The van der Waals surface area contributed by atoms with Gasteiger partial charge in [0.15, 0.2) is 0 Å². The van der Waals surface area contributed by atoms with E-state index in [4.69, 9.17) is 19.8 Å². The van der Waals surface area contributed by atoms with Crippen LogP contribution in [0.3, 0.4) is 0 Å². The van der Waals surface area contributed by atoms with Crippen LogP contribution >= 0.6 is 0 Å². The summed E-state index contributed by atoms with van der Waals surface area (Å²) in [6.07, 6.45) is 6.90. The second-order valence-corrected chi connectivity index (χ2v) is 5.68. The van der Waals surface area contributed by atoms with Crippen LogP contribution in [-0.4, -0.2) is 31.9 Å². The molecule has 34 heavy (non-hydrogen) atoms. The molecule has 0 atom stereocenters. The Hall–Kier alpha value is -3.14. The molecule has 2 heterocycles. The second kappa shape index (κ2) is 20.5. The number of aromatic nitrogens is 4. The largest absolute Gasteiger partial charge is 2.00 e. The molecule has 0 bridgehead atoms. The number of rotatable bonds is 2. The predicted octanol–water partition coefficient (Wildman–Crippen LogP) is 1.39. The first kappa shape index (κ1) is 33.0. The first-order valence-electron chi connectivity index (χ1n) is 9.23. The average Bonchev–Trinajstić information content (AvgIpc) is 2.81. The smallest absolute Gasteiger partial charge is 0.550 e. The summed E-state index contributed by atoms with van der Waals surface area (Å²) >= 11 is 0. The number of carboxylic acids is 2. The molecule has 0 aliphatic heterocycles. The Morgan fingerprint density at radius 3 is 1.15 bits per heavy atom. The summed E-state index contributed by atoms with van der Waals surface area (Å²) in [5.41, 5.74) is 1.86. The van der Waals surface area contributed by atoms with E-state index in [2.05, 4.69) is 32.1 Å². The zero-order valence-electron chi connectivity index (χ0n) is 18.1. The third-order valence-corrected chi connectivity index (χ3v) is 3.03. The summed E-state index contributed by atoms with van der Waals surface area (Å²) in [5, 5.41) is 17.8. The van der Waals surface area contributed by atoms with Crippen molar-refractivity contribution in [3.8, 4) is 22.8 Å². The molecule has 180 valence electrons. The summed E-state index contributed by atoms with van der Waals surface area (Å²) in [6, 6.07) is 25.0. The number of hydrogen-bond donors (Lipinski definition) is 0. The fourth-order valence-corrected chi connectivity index (χ4v) is 1.94. The van der Waals surface area contributed by atoms with Gasteiger partial charge in [0.1, 0.15) is 0 Å². The van der Waals surface area contributed by atoms with Crippen LogP contribution in [0.15, 0.2) is 85.5 Å². The minimum atomic E-state index is -1.08. The van der Waals surface area contributed by atoms with Crippen molar-refractivity contribution in [3.63, 3.8) is 0 Å². The number of benzene rings is 2. The molecule has 0 spiro atoms. The van der Waals surface area contributed by atoms with Crippen LogP contribution in [0.1, 0.15) is 13.8 Å². The molecule has 0 unspecified atom stereocenters.